The Morgan fingerprint density at radius 3 is 1.63 bits per heavy atom. The van der Waals surface area contributed by atoms with Crippen molar-refractivity contribution in [2.75, 3.05) is 7.05 Å². The van der Waals surface area contributed by atoms with Gasteiger partial charge in [0, 0.05) is 23.9 Å². The third-order valence-electron chi connectivity index (χ3n) is 3.69. The van der Waals surface area contributed by atoms with E-state index in [1.807, 2.05) is 0 Å². The van der Waals surface area contributed by atoms with Gasteiger partial charge in [-0.15, -0.1) is 0 Å². The normalized spacial score (nSPS) is 14.5. The molecule has 0 amide bonds. The fourth-order valence-electron chi connectivity index (χ4n) is 2.74. The zero-order chi connectivity index (χ0) is 15.6. The summed E-state index contributed by atoms with van der Waals surface area (Å²) in [5.41, 5.74) is 4.49. The smallest absolute Gasteiger partial charge is 0.0224 e. The van der Waals surface area contributed by atoms with E-state index in [-0.39, 0.29) is 10.8 Å². The van der Waals surface area contributed by atoms with E-state index >= 15 is 0 Å². The Morgan fingerprint density at radius 2 is 1.42 bits per heavy atom. The maximum atomic E-state index is 4.28. The predicted octanol–water partition coefficient (Wildman–Crippen LogP) is 5.84. The molecule has 0 N–H and O–H groups in total. The molecule has 0 spiro atoms. The van der Waals surface area contributed by atoms with Crippen LogP contribution in [-0.2, 0) is 0 Å². The van der Waals surface area contributed by atoms with Crippen molar-refractivity contribution >= 4 is 0 Å². The minimum atomic E-state index is 0.130. The van der Waals surface area contributed by atoms with Crippen LogP contribution in [0.5, 0.6) is 0 Å². The van der Waals surface area contributed by atoms with Gasteiger partial charge in [-0.25, -0.2) is 0 Å². The van der Waals surface area contributed by atoms with Gasteiger partial charge in [-0.2, -0.15) is 0 Å². The molecule has 19 heavy (non-hydrogen) atoms. The highest BCUT2D eigenvalue weighted by Gasteiger charge is 2.30. The SMILES string of the molecule is C=C(C(C)C)N(C)/C(=C(\CC)C(C)(C)C)C(C)(C)C. The van der Waals surface area contributed by atoms with Crippen LogP contribution < -0.4 is 0 Å². The van der Waals surface area contributed by atoms with Crippen LogP contribution >= 0.6 is 0 Å². The quantitative estimate of drug-likeness (QED) is 0.617. The molecule has 1 heteroatoms. The Morgan fingerprint density at radius 1 is 1.00 bits per heavy atom. The average molecular weight is 265 g/mol. The zero-order valence-electron chi connectivity index (χ0n) is 14.9. The highest BCUT2D eigenvalue weighted by Crippen LogP contribution is 2.41. The lowest BCUT2D eigenvalue weighted by molar-refractivity contribution is 0.311. The molecule has 0 atom stereocenters. The van der Waals surface area contributed by atoms with Crippen molar-refractivity contribution in [3.8, 4) is 0 Å². The molecule has 0 bridgehead atoms. The number of rotatable bonds is 4. The molecule has 0 radical (unpaired) electrons. The molecular formula is C18H35N. The molecule has 1 nitrogen and oxygen atoms in total. The van der Waals surface area contributed by atoms with Crippen LogP contribution in [0.15, 0.2) is 23.5 Å². The summed E-state index contributed by atoms with van der Waals surface area (Å²) in [6.07, 6.45) is 1.09. The van der Waals surface area contributed by atoms with Gasteiger partial charge >= 0.3 is 0 Å². The maximum Gasteiger partial charge on any atom is 0.0224 e. The molecule has 0 aromatic rings. The van der Waals surface area contributed by atoms with Gasteiger partial charge in [0.2, 0.25) is 0 Å². The molecule has 112 valence electrons. The molecule has 0 aromatic carbocycles. The molecule has 0 heterocycles. The van der Waals surface area contributed by atoms with Crippen LogP contribution in [0.4, 0.5) is 0 Å². The molecule has 0 aliphatic heterocycles. The fraction of sp³-hybridized carbons (Fsp3) is 0.778. The van der Waals surface area contributed by atoms with E-state index in [2.05, 4.69) is 80.8 Å². The van der Waals surface area contributed by atoms with Crippen LogP contribution in [0.2, 0.25) is 0 Å². The summed E-state index contributed by atoms with van der Waals surface area (Å²) in [5, 5.41) is 0. The molecular weight excluding hydrogens is 230 g/mol. The molecule has 0 unspecified atom stereocenters. The predicted molar refractivity (Wildman–Crippen MR) is 88.0 cm³/mol. The van der Waals surface area contributed by atoms with Gasteiger partial charge in [-0.05, 0) is 23.3 Å². The van der Waals surface area contributed by atoms with Crippen LogP contribution in [0.3, 0.4) is 0 Å². The Kier molecular flexibility index (Phi) is 5.92. The van der Waals surface area contributed by atoms with Gasteiger partial charge in [0.25, 0.3) is 0 Å². The number of hydrogen-bond acceptors (Lipinski definition) is 1. The Balaban J connectivity index is 5.98. The van der Waals surface area contributed by atoms with Crippen molar-refractivity contribution in [1.29, 1.82) is 0 Å². The molecule has 0 saturated heterocycles. The minimum absolute atomic E-state index is 0.130. The zero-order valence-corrected chi connectivity index (χ0v) is 14.9. The first-order chi connectivity index (χ1) is 8.34. The van der Waals surface area contributed by atoms with E-state index in [4.69, 9.17) is 0 Å². The standard InChI is InChI=1S/C18H35N/c1-12-15(17(5,6)7)16(18(8,9)10)19(11)14(4)13(2)3/h13H,4,12H2,1-3,5-11H3/b16-15+. The van der Waals surface area contributed by atoms with Crippen LogP contribution in [0.25, 0.3) is 0 Å². The third kappa shape index (κ3) is 4.71. The highest BCUT2D eigenvalue weighted by atomic mass is 15.1. The van der Waals surface area contributed by atoms with Crippen LogP contribution in [-0.4, -0.2) is 11.9 Å². The first-order valence-corrected chi connectivity index (χ1v) is 7.50. The number of allylic oxidation sites excluding steroid dienone is 3. The molecule has 0 rings (SSSR count). The van der Waals surface area contributed by atoms with Crippen molar-refractivity contribution in [3.05, 3.63) is 23.5 Å². The lowest BCUT2D eigenvalue weighted by Crippen LogP contribution is -2.32. The summed E-state index contributed by atoms with van der Waals surface area (Å²) in [6, 6.07) is 0. The summed E-state index contributed by atoms with van der Waals surface area (Å²) < 4.78 is 0. The minimum Gasteiger partial charge on any atom is -0.351 e. The first-order valence-electron chi connectivity index (χ1n) is 7.50. The summed E-state index contributed by atoms with van der Waals surface area (Å²) in [4.78, 5) is 2.33. The highest BCUT2D eigenvalue weighted by molar-refractivity contribution is 5.27. The van der Waals surface area contributed by atoms with E-state index in [9.17, 15) is 0 Å². The van der Waals surface area contributed by atoms with E-state index in [0.29, 0.717) is 5.92 Å². The summed E-state index contributed by atoms with van der Waals surface area (Å²) in [5.74, 6) is 0.473. The van der Waals surface area contributed by atoms with Crippen LogP contribution in [0.1, 0.15) is 68.7 Å². The van der Waals surface area contributed by atoms with Crippen molar-refractivity contribution in [3.63, 3.8) is 0 Å². The fourth-order valence-corrected chi connectivity index (χ4v) is 2.74. The first kappa shape index (κ1) is 18.3. The average Bonchev–Trinajstić information content (AvgIpc) is 2.19. The Labute approximate surface area is 121 Å². The lowest BCUT2D eigenvalue weighted by atomic mass is 9.76. The Hall–Kier alpha value is -0.720. The van der Waals surface area contributed by atoms with Crippen LogP contribution in [0, 0.1) is 16.7 Å². The summed E-state index contributed by atoms with van der Waals surface area (Å²) >= 11 is 0. The van der Waals surface area contributed by atoms with E-state index in [1.54, 1.807) is 0 Å². The lowest BCUT2D eigenvalue weighted by Gasteiger charge is -2.40. The topological polar surface area (TPSA) is 3.24 Å². The monoisotopic (exact) mass is 265 g/mol. The molecule has 0 aliphatic carbocycles. The van der Waals surface area contributed by atoms with Gasteiger partial charge in [0.05, 0.1) is 0 Å². The molecule has 0 fully saturated rings. The largest absolute Gasteiger partial charge is 0.351 e. The number of hydrogen-bond donors (Lipinski definition) is 0. The van der Waals surface area contributed by atoms with E-state index in [1.165, 1.54) is 17.0 Å². The molecule has 0 saturated carbocycles. The van der Waals surface area contributed by atoms with Gasteiger partial charge < -0.3 is 4.90 Å². The van der Waals surface area contributed by atoms with Crippen molar-refractivity contribution in [2.24, 2.45) is 16.7 Å². The van der Waals surface area contributed by atoms with Gasteiger partial charge in [-0.3, -0.25) is 0 Å². The molecule has 0 aromatic heterocycles. The third-order valence-corrected chi connectivity index (χ3v) is 3.69. The van der Waals surface area contributed by atoms with Crippen molar-refractivity contribution in [1.82, 2.24) is 4.90 Å². The maximum absolute atomic E-state index is 4.28. The second kappa shape index (κ2) is 6.15. The van der Waals surface area contributed by atoms with E-state index < -0.39 is 0 Å². The van der Waals surface area contributed by atoms with E-state index in [0.717, 1.165) is 6.42 Å². The van der Waals surface area contributed by atoms with Gasteiger partial charge in [0.1, 0.15) is 0 Å². The molecule has 0 aliphatic rings. The second-order valence-corrected chi connectivity index (χ2v) is 7.89. The van der Waals surface area contributed by atoms with Gasteiger partial charge in [0.15, 0.2) is 0 Å². The second-order valence-electron chi connectivity index (χ2n) is 7.89. The summed E-state index contributed by atoms with van der Waals surface area (Å²) in [6.45, 7) is 24.8. The van der Waals surface area contributed by atoms with Crippen molar-refractivity contribution < 1.29 is 0 Å². The Bertz CT molecular complexity index is 345. The van der Waals surface area contributed by atoms with Gasteiger partial charge in [-0.1, -0.05) is 68.9 Å². The summed E-state index contributed by atoms with van der Waals surface area (Å²) in [7, 11) is 2.17. The van der Waals surface area contributed by atoms with Crippen molar-refractivity contribution in [2.45, 2.75) is 68.7 Å². The number of nitrogens with zero attached hydrogens (tertiary/aromatic N) is 1.